The first-order valence-electron chi connectivity index (χ1n) is 16.1. The van der Waals surface area contributed by atoms with E-state index >= 15 is 0 Å². The Bertz CT molecular complexity index is 2100. The zero-order valence-corrected chi connectivity index (χ0v) is 28.2. The fourth-order valence-corrected chi connectivity index (χ4v) is 6.88. The molecule has 12 nitrogen and oxygen atoms in total. The normalized spacial score (nSPS) is 15.7. The van der Waals surface area contributed by atoms with Crippen LogP contribution in [0.3, 0.4) is 0 Å². The molecule has 5 aromatic rings. The highest BCUT2D eigenvalue weighted by Gasteiger charge is 2.46. The number of nitrogens with zero attached hydrogens (tertiary/aromatic N) is 4. The van der Waals surface area contributed by atoms with Crippen molar-refractivity contribution in [3.05, 3.63) is 90.1 Å². The number of aromatic nitrogens is 2. The summed E-state index contributed by atoms with van der Waals surface area (Å²) in [5, 5.41) is 3.12. The average Bonchev–Trinajstić information content (AvgIpc) is 3.66. The molecule has 0 bridgehead atoms. The van der Waals surface area contributed by atoms with Gasteiger partial charge in [-0.15, -0.1) is 11.3 Å². The van der Waals surface area contributed by atoms with Gasteiger partial charge >= 0.3 is 0 Å². The predicted molar refractivity (Wildman–Crippen MR) is 188 cm³/mol. The Labute approximate surface area is 291 Å². The molecule has 1 saturated heterocycles. The number of imide groups is 2. The Hall–Kier alpha value is -5.66. The molecule has 254 valence electrons. The molecular formula is C37H33N5O7S. The van der Waals surface area contributed by atoms with Crippen LogP contribution >= 0.6 is 11.3 Å². The maximum Gasteiger partial charge on any atom is 0.266 e. The third-order valence-electron chi connectivity index (χ3n) is 8.44. The van der Waals surface area contributed by atoms with E-state index in [9.17, 15) is 19.2 Å². The van der Waals surface area contributed by atoms with Gasteiger partial charge in [-0.05, 0) is 54.4 Å². The molecule has 4 amide bonds. The van der Waals surface area contributed by atoms with Crippen LogP contribution in [0.25, 0.3) is 31.9 Å². The van der Waals surface area contributed by atoms with Gasteiger partial charge in [-0.1, -0.05) is 30.3 Å². The number of benzene rings is 3. The highest BCUT2D eigenvalue weighted by atomic mass is 32.1. The van der Waals surface area contributed by atoms with Gasteiger partial charge in [-0.2, -0.15) is 0 Å². The van der Waals surface area contributed by atoms with Gasteiger partial charge in [-0.25, -0.2) is 9.97 Å². The van der Waals surface area contributed by atoms with E-state index in [4.69, 9.17) is 19.2 Å². The van der Waals surface area contributed by atoms with Crippen molar-refractivity contribution in [2.75, 3.05) is 45.4 Å². The van der Waals surface area contributed by atoms with Gasteiger partial charge < -0.3 is 19.1 Å². The molecule has 13 heteroatoms. The maximum atomic E-state index is 13.2. The Kier molecular flexibility index (Phi) is 9.24. The van der Waals surface area contributed by atoms with Gasteiger partial charge in [0.15, 0.2) is 0 Å². The number of nitrogens with one attached hydrogen (secondary N) is 1. The standard InChI is InChI=1S/C37H33N5O7S/c1-41(2)31-14-10-24(21-38-31)22-6-8-23(9-7-22)35-39-27-12-11-25(20-30(27)50-35)48-18-16-47-17-19-49-29-5-3-4-26-33(29)37(46)42(36(26)45)28-13-15-32(43)40-34(28)44/h3-12,14,20-21,28H,13,15-19H2,1-2H3,(H,40,43,44). The summed E-state index contributed by atoms with van der Waals surface area (Å²) in [6, 6.07) is 21.9. The second-order valence-electron chi connectivity index (χ2n) is 12.0. The number of thiazole rings is 1. The van der Waals surface area contributed by atoms with E-state index in [-0.39, 0.29) is 42.9 Å². The van der Waals surface area contributed by atoms with Crippen LogP contribution < -0.4 is 19.7 Å². The molecular weight excluding hydrogens is 659 g/mol. The number of anilines is 1. The molecule has 4 heterocycles. The number of ether oxygens (including phenoxy) is 3. The van der Waals surface area contributed by atoms with Crippen LogP contribution in [0.5, 0.6) is 11.5 Å². The lowest BCUT2D eigenvalue weighted by atomic mass is 10.0. The van der Waals surface area contributed by atoms with Crippen LogP contribution in [0.15, 0.2) is 79.0 Å². The summed E-state index contributed by atoms with van der Waals surface area (Å²) in [7, 11) is 3.94. The topological polar surface area (TPSA) is 140 Å². The SMILES string of the molecule is CN(C)c1ccc(-c2ccc(-c3nc4ccc(OCCOCCOc5cccc6c5C(=O)N(C5CCC(=O)NC5=O)C6=O)cc4s3)cc2)cn1. The van der Waals surface area contributed by atoms with Gasteiger partial charge in [0, 0.05) is 37.8 Å². The zero-order chi connectivity index (χ0) is 34.8. The lowest BCUT2D eigenvalue weighted by Crippen LogP contribution is -2.54. The van der Waals surface area contributed by atoms with Gasteiger partial charge in [0.25, 0.3) is 11.8 Å². The van der Waals surface area contributed by atoms with E-state index in [1.807, 2.05) is 49.5 Å². The molecule has 0 saturated carbocycles. The summed E-state index contributed by atoms with van der Waals surface area (Å²) in [5.74, 6) is -0.432. The summed E-state index contributed by atoms with van der Waals surface area (Å²) in [5.41, 5.74) is 4.34. The summed E-state index contributed by atoms with van der Waals surface area (Å²) < 4.78 is 18.4. The van der Waals surface area contributed by atoms with Crippen molar-refractivity contribution < 1.29 is 33.4 Å². The number of carbonyl (C=O) groups excluding carboxylic acids is 4. The van der Waals surface area contributed by atoms with Crippen molar-refractivity contribution in [2.24, 2.45) is 0 Å². The van der Waals surface area contributed by atoms with Crippen molar-refractivity contribution in [3.63, 3.8) is 0 Å². The van der Waals surface area contributed by atoms with Crippen LogP contribution in [0, 0.1) is 0 Å². The van der Waals surface area contributed by atoms with Crippen molar-refractivity contribution >= 4 is 51.0 Å². The Balaban J connectivity index is 0.884. The minimum Gasteiger partial charge on any atom is -0.491 e. The molecule has 1 atom stereocenters. The highest BCUT2D eigenvalue weighted by molar-refractivity contribution is 7.21. The first kappa shape index (κ1) is 32.9. The summed E-state index contributed by atoms with van der Waals surface area (Å²) in [6.45, 7) is 0.979. The third kappa shape index (κ3) is 6.65. The van der Waals surface area contributed by atoms with E-state index in [1.54, 1.807) is 23.5 Å². The smallest absolute Gasteiger partial charge is 0.266 e. The van der Waals surface area contributed by atoms with Gasteiger partial charge in [0.05, 0.1) is 34.6 Å². The fraction of sp³-hybridized carbons (Fsp3) is 0.243. The lowest BCUT2D eigenvalue weighted by molar-refractivity contribution is -0.136. The molecule has 2 aliphatic heterocycles. The van der Waals surface area contributed by atoms with E-state index in [1.165, 1.54) is 6.07 Å². The number of pyridine rings is 1. The minimum absolute atomic E-state index is 0.0525. The zero-order valence-electron chi connectivity index (χ0n) is 27.4. The number of hydrogen-bond donors (Lipinski definition) is 1. The first-order valence-corrected chi connectivity index (χ1v) is 16.9. The maximum absolute atomic E-state index is 13.2. The molecule has 2 aromatic heterocycles. The van der Waals surface area contributed by atoms with Crippen LogP contribution in [-0.4, -0.2) is 85.1 Å². The van der Waals surface area contributed by atoms with E-state index in [0.29, 0.717) is 19.0 Å². The summed E-state index contributed by atoms with van der Waals surface area (Å²) in [4.78, 5) is 62.3. The number of rotatable bonds is 12. The lowest BCUT2D eigenvalue weighted by Gasteiger charge is -2.27. The van der Waals surface area contributed by atoms with Gasteiger partial charge in [0.2, 0.25) is 11.8 Å². The molecule has 2 aliphatic rings. The Morgan fingerprint density at radius 1 is 0.860 bits per heavy atom. The van der Waals surface area contributed by atoms with Gasteiger partial charge in [0.1, 0.15) is 41.6 Å². The molecule has 0 radical (unpaired) electrons. The average molecular weight is 692 g/mol. The van der Waals surface area contributed by atoms with Crippen LogP contribution in [0.1, 0.15) is 33.6 Å². The molecule has 7 rings (SSSR count). The van der Waals surface area contributed by atoms with Crippen LogP contribution in [0.4, 0.5) is 5.82 Å². The monoisotopic (exact) mass is 691 g/mol. The highest BCUT2D eigenvalue weighted by Crippen LogP contribution is 2.35. The van der Waals surface area contributed by atoms with Crippen LogP contribution in [-0.2, 0) is 14.3 Å². The summed E-state index contributed by atoms with van der Waals surface area (Å²) >= 11 is 1.60. The van der Waals surface area contributed by atoms with Gasteiger partial charge in [-0.3, -0.25) is 29.4 Å². The number of hydrogen-bond acceptors (Lipinski definition) is 11. The van der Waals surface area contributed by atoms with Crippen molar-refractivity contribution in [2.45, 2.75) is 18.9 Å². The van der Waals surface area contributed by atoms with Crippen LogP contribution in [0.2, 0.25) is 0 Å². The molecule has 1 N–H and O–H groups in total. The second kappa shape index (κ2) is 14.1. The molecule has 3 aromatic carbocycles. The van der Waals surface area contributed by atoms with Crippen molar-refractivity contribution in [3.8, 4) is 33.2 Å². The third-order valence-corrected chi connectivity index (χ3v) is 9.51. The fourth-order valence-electron chi connectivity index (χ4n) is 5.88. The first-order chi connectivity index (χ1) is 24.3. The number of carbonyl (C=O) groups is 4. The molecule has 1 unspecified atom stereocenters. The van der Waals surface area contributed by atoms with E-state index in [0.717, 1.165) is 42.6 Å². The molecule has 0 spiro atoms. The second-order valence-corrected chi connectivity index (χ2v) is 13.0. The predicted octanol–water partition coefficient (Wildman–Crippen LogP) is 4.97. The number of piperidine rings is 1. The largest absolute Gasteiger partial charge is 0.491 e. The molecule has 0 aliphatic carbocycles. The number of amides is 4. The molecule has 50 heavy (non-hydrogen) atoms. The van der Waals surface area contributed by atoms with Crippen molar-refractivity contribution in [1.29, 1.82) is 0 Å². The van der Waals surface area contributed by atoms with Crippen molar-refractivity contribution in [1.82, 2.24) is 20.2 Å². The van der Waals surface area contributed by atoms with E-state index in [2.05, 4.69) is 40.6 Å². The van der Waals surface area contributed by atoms with E-state index < -0.39 is 29.7 Å². The molecule has 1 fully saturated rings. The Morgan fingerprint density at radius 3 is 2.36 bits per heavy atom. The Morgan fingerprint density at radius 2 is 1.62 bits per heavy atom. The summed E-state index contributed by atoms with van der Waals surface area (Å²) in [6.07, 6.45) is 2.02. The number of fused-ring (bicyclic) bond motifs is 2. The minimum atomic E-state index is -1.04. The quantitative estimate of drug-likeness (QED) is 0.141.